The maximum Gasteiger partial charge on any atom is 0.141 e. The first kappa shape index (κ1) is 25.3. The average molecular weight is 496 g/mol. The highest BCUT2D eigenvalue weighted by molar-refractivity contribution is 7.84. The maximum atomic E-state index is 12.1. The molecular weight excluding hydrogens is 470 g/mol. The molecule has 3 aromatic rings. The quantitative estimate of drug-likeness (QED) is 0.377. The average Bonchev–Trinajstić information content (AvgIpc) is 2.79. The summed E-state index contributed by atoms with van der Waals surface area (Å²) in [6.07, 6.45) is 7.67. The van der Waals surface area contributed by atoms with Crippen molar-refractivity contribution < 1.29 is 4.21 Å². The molecule has 0 amide bonds. The number of rotatable bonds is 8. The second kappa shape index (κ2) is 10.7. The molecule has 2 aromatic heterocycles. The monoisotopic (exact) mass is 495 g/mol. The molecule has 0 saturated carbocycles. The summed E-state index contributed by atoms with van der Waals surface area (Å²) in [7, 11) is -1.22. The number of aromatic nitrogens is 3. The zero-order valence-electron chi connectivity index (χ0n) is 19.4. The molecule has 8 nitrogen and oxygen atoms in total. The van der Waals surface area contributed by atoms with Crippen LogP contribution in [0.25, 0.3) is 11.1 Å². The zero-order chi connectivity index (χ0) is 25.0. The van der Waals surface area contributed by atoms with Crippen LogP contribution in [0.5, 0.6) is 0 Å². The van der Waals surface area contributed by atoms with E-state index in [9.17, 15) is 9.47 Å². The zero-order valence-corrected chi connectivity index (χ0v) is 21.0. The van der Waals surface area contributed by atoms with Crippen LogP contribution in [0.2, 0.25) is 5.02 Å². The van der Waals surface area contributed by atoms with Gasteiger partial charge in [-0.15, -0.1) is 0 Å². The lowest BCUT2D eigenvalue weighted by Crippen LogP contribution is -2.16. The van der Waals surface area contributed by atoms with E-state index in [1.54, 1.807) is 37.7 Å². The minimum absolute atomic E-state index is 0.222. The van der Waals surface area contributed by atoms with Crippen LogP contribution >= 0.6 is 11.6 Å². The highest BCUT2D eigenvalue weighted by Crippen LogP contribution is 2.39. The fourth-order valence-corrected chi connectivity index (χ4v) is 4.67. The lowest BCUT2D eigenvalue weighted by Gasteiger charge is -2.24. The Labute approximate surface area is 206 Å². The molecule has 2 unspecified atom stereocenters. The first-order valence-electron chi connectivity index (χ1n) is 10.7. The molecule has 0 aliphatic rings. The van der Waals surface area contributed by atoms with Gasteiger partial charge in [0.25, 0.3) is 0 Å². The number of nitrogens with two attached hydrogens (primary N) is 1. The van der Waals surface area contributed by atoms with Crippen molar-refractivity contribution in [2.75, 3.05) is 17.3 Å². The molecule has 10 heteroatoms. The number of benzene rings is 1. The predicted octanol–water partition coefficient (Wildman–Crippen LogP) is 4.90. The second-order valence-electron chi connectivity index (χ2n) is 7.87. The fraction of sp³-hybridized carbons (Fsp3) is 0.292. The third-order valence-corrected chi connectivity index (χ3v) is 6.62. The highest BCUT2D eigenvalue weighted by atomic mass is 35.5. The Hall–Kier alpha value is -3.35. The van der Waals surface area contributed by atoms with Crippen molar-refractivity contribution in [3.63, 3.8) is 0 Å². The van der Waals surface area contributed by atoms with Crippen molar-refractivity contribution in [2.45, 2.75) is 44.6 Å². The van der Waals surface area contributed by atoms with Gasteiger partial charge in [0.05, 0.1) is 37.9 Å². The molecule has 0 aliphatic carbocycles. The molecule has 0 bridgehead atoms. The Bertz CT molecular complexity index is 1320. The first-order chi connectivity index (χ1) is 16.2. The Morgan fingerprint density at radius 3 is 2.71 bits per heavy atom. The molecule has 0 radical (unpaired) electrons. The van der Waals surface area contributed by atoms with Gasteiger partial charge in [-0.1, -0.05) is 24.9 Å². The standard InChI is InChI=1S/C24H26ClN7OS/c1-5-6-17-18(14(3)32-24-21(13(2)27)23(28)30-12-31-24)8-20(25)19(9-26)22(17)15-7-16(34(4)33)11-29-10-15/h7-8,10-12,14,27H,5-6H2,1-4H3,(H3,28,30,31,32). The minimum Gasteiger partial charge on any atom is -0.383 e. The number of pyridine rings is 1. The van der Waals surface area contributed by atoms with Crippen LogP contribution in [0.15, 0.2) is 35.7 Å². The highest BCUT2D eigenvalue weighted by Gasteiger charge is 2.23. The Morgan fingerprint density at radius 2 is 2.09 bits per heavy atom. The predicted molar refractivity (Wildman–Crippen MR) is 137 cm³/mol. The SMILES string of the molecule is CCCc1c(C(C)Nc2ncnc(N)c2C(C)=N)cc(Cl)c(C#N)c1-c1cncc(S(C)=O)c1. The van der Waals surface area contributed by atoms with E-state index in [2.05, 4.69) is 33.3 Å². The molecular formula is C24H26ClN7OS. The van der Waals surface area contributed by atoms with Crippen molar-refractivity contribution in [3.8, 4) is 17.2 Å². The normalized spacial score (nSPS) is 12.6. The van der Waals surface area contributed by atoms with Crippen molar-refractivity contribution in [1.82, 2.24) is 15.0 Å². The molecule has 0 aliphatic heterocycles. The van der Waals surface area contributed by atoms with Gasteiger partial charge in [0.15, 0.2) is 0 Å². The van der Waals surface area contributed by atoms with Crippen LogP contribution < -0.4 is 11.1 Å². The van der Waals surface area contributed by atoms with E-state index in [0.717, 1.165) is 17.5 Å². The summed E-state index contributed by atoms with van der Waals surface area (Å²) in [6, 6.07) is 5.54. The number of hydrogen-bond acceptors (Lipinski definition) is 8. The number of nitrogens with zero attached hydrogens (tertiary/aromatic N) is 4. The number of anilines is 2. The number of nitrogen functional groups attached to an aromatic ring is 1. The molecule has 34 heavy (non-hydrogen) atoms. The van der Waals surface area contributed by atoms with E-state index in [4.69, 9.17) is 22.7 Å². The lowest BCUT2D eigenvalue weighted by atomic mass is 9.87. The van der Waals surface area contributed by atoms with Gasteiger partial charge < -0.3 is 16.5 Å². The van der Waals surface area contributed by atoms with Crippen LogP contribution in [0, 0.1) is 16.7 Å². The Morgan fingerprint density at radius 1 is 1.35 bits per heavy atom. The van der Waals surface area contributed by atoms with Gasteiger partial charge in [0, 0.05) is 35.5 Å². The molecule has 1 aromatic carbocycles. The second-order valence-corrected chi connectivity index (χ2v) is 9.66. The van der Waals surface area contributed by atoms with Gasteiger partial charge in [-0.05, 0) is 43.5 Å². The van der Waals surface area contributed by atoms with Crippen LogP contribution in [-0.2, 0) is 17.2 Å². The van der Waals surface area contributed by atoms with Gasteiger partial charge >= 0.3 is 0 Å². The molecule has 2 atom stereocenters. The van der Waals surface area contributed by atoms with E-state index in [1.165, 1.54) is 6.33 Å². The van der Waals surface area contributed by atoms with Gasteiger partial charge in [-0.3, -0.25) is 9.19 Å². The third kappa shape index (κ3) is 5.08. The largest absolute Gasteiger partial charge is 0.383 e. The van der Waals surface area contributed by atoms with E-state index >= 15 is 0 Å². The topological polar surface area (TPSA) is 141 Å². The number of nitriles is 1. The van der Waals surface area contributed by atoms with Crippen molar-refractivity contribution >= 4 is 39.7 Å². The molecule has 3 rings (SSSR count). The third-order valence-electron chi connectivity index (χ3n) is 5.44. The van der Waals surface area contributed by atoms with E-state index in [-0.39, 0.29) is 17.6 Å². The van der Waals surface area contributed by atoms with Gasteiger partial charge in [-0.25, -0.2) is 9.97 Å². The molecule has 0 saturated heterocycles. The summed E-state index contributed by atoms with van der Waals surface area (Å²) < 4.78 is 12.1. The molecule has 176 valence electrons. The summed E-state index contributed by atoms with van der Waals surface area (Å²) >= 11 is 6.60. The summed E-state index contributed by atoms with van der Waals surface area (Å²) in [5.41, 5.74) is 10.2. The summed E-state index contributed by atoms with van der Waals surface area (Å²) in [6.45, 7) is 5.64. The Kier molecular flexibility index (Phi) is 7.97. The van der Waals surface area contributed by atoms with Gasteiger partial charge in [-0.2, -0.15) is 5.26 Å². The number of hydrogen-bond donors (Lipinski definition) is 3. The minimum atomic E-state index is -1.22. The molecule has 2 heterocycles. The van der Waals surface area contributed by atoms with Gasteiger partial charge in [0.2, 0.25) is 0 Å². The van der Waals surface area contributed by atoms with Crippen molar-refractivity contribution in [1.29, 1.82) is 10.7 Å². The smallest absolute Gasteiger partial charge is 0.141 e. The summed E-state index contributed by atoms with van der Waals surface area (Å²) in [5.74, 6) is 0.669. The van der Waals surface area contributed by atoms with Gasteiger partial charge in [0.1, 0.15) is 24.0 Å². The molecule has 4 N–H and O–H groups in total. The van der Waals surface area contributed by atoms with Crippen molar-refractivity contribution in [2.24, 2.45) is 0 Å². The fourth-order valence-electron chi connectivity index (χ4n) is 3.92. The van der Waals surface area contributed by atoms with Crippen molar-refractivity contribution in [3.05, 3.63) is 58.1 Å². The van der Waals surface area contributed by atoms with Crippen LogP contribution in [-0.4, -0.2) is 31.1 Å². The summed E-state index contributed by atoms with van der Waals surface area (Å²) in [5, 5.41) is 21.7. The van der Waals surface area contributed by atoms with E-state index in [0.29, 0.717) is 44.4 Å². The lowest BCUT2D eigenvalue weighted by molar-refractivity contribution is 0.686. The summed E-state index contributed by atoms with van der Waals surface area (Å²) in [4.78, 5) is 13.1. The van der Waals surface area contributed by atoms with E-state index in [1.807, 2.05) is 6.92 Å². The van der Waals surface area contributed by atoms with Crippen LogP contribution in [0.3, 0.4) is 0 Å². The number of nitrogens with one attached hydrogen (secondary N) is 2. The van der Waals surface area contributed by atoms with E-state index < -0.39 is 10.8 Å². The first-order valence-corrected chi connectivity index (χ1v) is 12.6. The molecule has 0 fully saturated rings. The van der Waals surface area contributed by atoms with Crippen LogP contribution in [0.4, 0.5) is 11.6 Å². The molecule has 0 spiro atoms. The van der Waals surface area contributed by atoms with Crippen LogP contribution in [0.1, 0.15) is 55.5 Å². The number of halogens is 1. The Balaban J connectivity index is 2.23. The maximum absolute atomic E-state index is 12.1.